The highest BCUT2D eigenvalue weighted by molar-refractivity contribution is 9.10. The Balaban J connectivity index is 1.96. The van der Waals surface area contributed by atoms with Crippen molar-refractivity contribution in [2.24, 2.45) is 5.92 Å². The molecule has 1 aliphatic carbocycles. The summed E-state index contributed by atoms with van der Waals surface area (Å²) in [5.41, 5.74) is 1.15. The van der Waals surface area contributed by atoms with E-state index in [0.29, 0.717) is 12.6 Å². The van der Waals surface area contributed by atoms with Crippen LogP contribution in [0.15, 0.2) is 22.7 Å². The molecule has 1 unspecified atom stereocenters. The zero-order valence-electron chi connectivity index (χ0n) is 11.3. The highest BCUT2D eigenvalue weighted by Crippen LogP contribution is 2.30. The van der Waals surface area contributed by atoms with Crippen LogP contribution >= 0.6 is 15.9 Å². The van der Waals surface area contributed by atoms with Gasteiger partial charge in [-0.05, 0) is 43.9 Å². The molecule has 0 heterocycles. The predicted octanol–water partition coefficient (Wildman–Crippen LogP) is 3.74. The van der Waals surface area contributed by atoms with Crippen molar-refractivity contribution in [3.05, 3.63) is 28.2 Å². The molecule has 1 aromatic rings. The molecule has 19 heavy (non-hydrogen) atoms. The van der Waals surface area contributed by atoms with Crippen LogP contribution in [0.2, 0.25) is 0 Å². The van der Waals surface area contributed by atoms with E-state index in [1.165, 1.54) is 19.3 Å². The van der Waals surface area contributed by atoms with Crippen LogP contribution in [0.1, 0.15) is 31.7 Å². The van der Waals surface area contributed by atoms with E-state index in [-0.39, 0.29) is 0 Å². The molecule has 0 aliphatic heterocycles. The third-order valence-corrected chi connectivity index (χ3v) is 4.30. The Kier molecular flexibility index (Phi) is 5.30. The van der Waals surface area contributed by atoms with Crippen molar-refractivity contribution < 1.29 is 4.74 Å². The van der Waals surface area contributed by atoms with E-state index >= 15 is 0 Å². The molecular formula is C16H20BrNO. The third kappa shape index (κ3) is 3.99. The molecule has 3 heteroatoms. The Hall–Kier alpha value is -0.980. The minimum atomic E-state index is 0.312. The van der Waals surface area contributed by atoms with Gasteiger partial charge in [0.15, 0.2) is 0 Å². The summed E-state index contributed by atoms with van der Waals surface area (Å²) in [4.78, 5) is 0. The van der Waals surface area contributed by atoms with E-state index in [1.807, 2.05) is 12.1 Å². The van der Waals surface area contributed by atoms with Gasteiger partial charge >= 0.3 is 0 Å². The van der Waals surface area contributed by atoms with Crippen LogP contribution in [0.25, 0.3) is 0 Å². The van der Waals surface area contributed by atoms with Crippen molar-refractivity contribution in [1.82, 2.24) is 5.32 Å². The molecule has 2 nitrogen and oxygen atoms in total. The van der Waals surface area contributed by atoms with E-state index in [2.05, 4.69) is 40.2 Å². The van der Waals surface area contributed by atoms with Crippen LogP contribution in [0, 0.1) is 18.3 Å². The molecule has 0 aromatic heterocycles. The van der Waals surface area contributed by atoms with Crippen LogP contribution < -0.4 is 10.1 Å². The molecule has 102 valence electrons. The van der Waals surface area contributed by atoms with E-state index in [1.54, 1.807) is 0 Å². The Morgan fingerprint density at radius 3 is 2.95 bits per heavy atom. The number of nitrogens with one attached hydrogen (secondary N) is 1. The maximum absolute atomic E-state index is 5.58. The van der Waals surface area contributed by atoms with Gasteiger partial charge < -0.3 is 10.1 Å². The summed E-state index contributed by atoms with van der Waals surface area (Å²) in [5, 5.41) is 3.59. The molecule has 1 N–H and O–H groups in total. The van der Waals surface area contributed by atoms with Crippen molar-refractivity contribution in [3.63, 3.8) is 0 Å². The molecule has 0 radical (unpaired) electrons. The molecule has 1 aliphatic rings. The number of benzene rings is 1. The molecule has 2 rings (SSSR count). The SMILES string of the molecule is C#CCOc1ccc(Br)cc1CNC(C)C1CCC1. The van der Waals surface area contributed by atoms with Crippen molar-refractivity contribution in [2.75, 3.05) is 6.61 Å². The third-order valence-electron chi connectivity index (χ3n) is 3.80. The van der Waals surface area contributed by atoms with Gasteiger partial charge in [0.1, 0.15) is 12.4 Å². The lowest BCUT2D eigenvalue weighted by Gasteiger charge is -2.32. The van der Waals surface area contributed by atoms with E-state index in [9.17, 15) is 0 Å². The highest BCUT2D eigenvalue weighted by atomic mass is 79.9. The molecule has 0 saturated heterocycles. The number of terminal acetylenes is 1. The highest BCUT2D eigenvalue weighted by Gasteiger charge is 2.23. The van der Waals surface area contributed by atoms with Crippen LogP contribution in [0.5, 0.6) is 5.75 Å². The van der Waals surface area contributed by atoms with Gasteiger partial charge in [0.25, 0.3) is 0 Å². The first-order valence-corrected chi connectivity index (χ1v) is 7.58. The normalized spacial score (nSPS) is 16.5. The summed E-state index contributed by atoms with van der Waals surface area (Å²) >= 11 is 3.50. The molecule has 1 saturated carbocycles. The van der Waals surface area contributed by atoms with Crippen molar-refractivity contribution in [3.8, 4) is 18.1 Å². The van der Waals surface area contributed by atoms with Gasteiger partial charge in [-0.2, -0.15) is 0 Å². The number of hydrogen-bond donors (Lipinski definition) is 1. The van der Waals surface area contributed by atoms with Gasteiger partial charge in [0, 0.05) is 22.6 Å². The second-order valence-corrected chi connectivity index (χ2v) is 6.02. The minimum Gasteiger partial charge on any atom is -0.481 e. The summed E-state index contributed by atoms with van der Waals surface area (Å²) < 4.78 is 6.64. The van der Waals surface area contributed by atoms with E-state index in [4.69, 9.17) is 11.2 Å². The lowest BCUT2D eigenvalue weighted by atomic mass is 9.80. The number of ether oxygens (including phenoxy) is 1. The average Bonchev–Trinajstić information content (AvgIpc) is 2.33. The minimum absolute atomic E-state index is 0.312. The second-order valence-electron chi connectivity index (χ2n) is 5.11. The van der Waals surface area contributed by atoms with Crippen LogP contribution in [0.3, 0.4) is 0 Å². The molecule has 0 spiro atoms. The summed E-state index contributed by atoms with van der Waals surface area (Å²) in [6.07, 6.45) is 9.33. The van der Waals surface area contributed by atoms with Gasteiger partial charge in [0.2, 0.25) is 0 Å². The number of halogens is 1. The summed E-state index contributed by atoms with van der Waals surface area (Å²) in [7, 11) is 0. The smallest absolute Gasteiger partial charge is 0.148 e. The molecule has 1 aromatic carbocycles. The Bertz CT molecular complexity index is 462. The Morgan fingerprint density at radius 1 is 1.53 bits per heavy atom. The summed E-state index contributed by atoms with van der Waals surface area (Å²) in [6, 6.07) is 6.59. The summed E-state index contributed by atoms with van der Waals surface area (Å²) in [5.74, 6) is 4.21. The average molecular weight is 322 g/mol. The largest absolute Gasteiger partial charge is 0.481 e. The first-order chi connectivity index (χ1) is 9.20. The van der Waals surface area contributed by atoms with Gasteiger partial charge in [-0.25, -0.2) is 0 Å². The molecule has 0 amide bonds. The maximum Gasteiger partial charge on any atom is 0.148 e. The van der Waals surface area contributed by atoms with Crippen molar-refractivity contribution in [2.45, 2.75) is 38.8 Å². The Morgan fingerprint density at radius 2 is 2.32 bits per heavy atom. The van der Waals surface area contributed by atoms with Gasteiger partial charge in [-0.3, -0.25) is 0 Å². The monoisotopic (exact) mass is 321 g/mol. The van der Waals surface area contributed by atoms with Gasteiger partial charge in [0.05, 0.1) is 0 Å². The van der Waals surface area contributed by atoms with Crippen molar-refractivity contribution >= 4 is 15.9 Å². The standard InChI is InChI=1S/C16H20BrNO/c1-3-9-19-16-8-7-15(17)10-14(16)11-18-12(2)13-5-4-6-13/h1,7-8,10,12-13,18H,4-6,9,11H2,2H3. The van der Waals surface area contributed by atoms with E-state index < -0.39 is 0 Å². The molecule has 1 fully saturated rings. The fourth-order valence-electron chi connectivity index (χ4n) is 2.32. The van der Waals surface area contributed by atoms with Crippen LogP contribution in [-0.2, 0) is 6.54 Å². The maximum atomic E-state index is 5.58. The lowest BCUT2D eigenvalue weighted by molar-refractivity contribution is 0.239. The predicted molar refractivity (Wildman–Crippen MR) is 82.1 cm³/mol. The van der Waals surface area contributed by atoms with E-state index in [0.717, 1.165) is 28.2 Å². The zero-order valence-corrected chi connectivity index (χ0v) is 12.9. The fourth-order valence-corrected chi connectivity index (χ4v) is 2.73. The van der Waals surface area contributed by atoms with Crippen molar-refractivity contribution in [1.29, 1.82) is 0 Å². The van der Waals surface area contributed by atoms with Crippen LogP contribution in [0.4, 0.5) is 0 Å². The van der Waals surface area contributed by atoms with Gasteiger partial charge in [-0.15, -0.1) is 6.42 Å². The number of hydrogen-bond acceptors (Lipinski definition) is 2. The quantitative estimate of drug-likeness (QED) is 0.806. The second kappa shape index (κ2) is 6.98. The zero-order chi connectivity index (χ0) is 13.7. The van der Waals surface area contributed by atoms with Gasteiger partial charge in [-0.1, -0.05) is 28.3 Å². The fraction of sp³-hybridized carbons (Fsp3) is 0.500. The lowest BCUT2D eigenvalue weighted by Crippen LogP contribution is -2.36. The first kappa shape index (κ1) is 14.4. The number of rotatable bonds is 6. The molecular weight excluding hydrogens is 302 g/mol. The Labute approximate surface area is 124 Å². The first-order valence-electron chi connectivity index (χ1n) is 6.79. The topological polar surface area (TPSA) is 21.3 Å². The summed E-state index contributed by atoms with van der Waals surface area (Å²) in [6.45, 7) is 3.40. The molecule has 0 bridgehead atoms. The molecule has 1 atom stereocenters. The van der Waals surface area contributed by atoms with Crippen LogP contribution in [-0.4, -0.2) is 12.6 Å².